The van der Waals surface area contributed by atoms with Gasteiger partial charge in [-0.05, 0) is 13.3 Å². The Kier molecular flexibility index (Phi) is 3.91. The topological polar surface area (TPSA) is 117 Å². The van der Waals surface area contributed by atoms with Crippen LogP contribution in [0, 0.1) is 6.92 Å². The van der Waals surface area contributed by atoms with Crippen LogP contribution in [0.2, 0.25) is 0 Å². The van der Waals surface area contributed by atoms with Crippen molar-refractivity contribution in [2.24, 2.45) is 0 Å². The van der Waals surface area contributed by atoms with Crippen LogP contribution in [0.15, 0.2) is 4.52 Å². The first-order valence-electron chi connectivity index (χ1n) is 8.79. The molecular formula is C17H23N7O2. The fourth-order valence-electron chi connectivity index (χ4n) is 3.05. The molecule has 1 atom stereocenters. The van der Waals surface area contributed by atoms with Gasteiger partial charge in [-0.3, -0.25) is 0 Å². The van der Waals surface area contributed by atoms with Gasteiger partial charge in [0.1, 0.15) is 11.3 Å². The number of hydrogen-bond donors (Lipinski definition) is 2. The van der Waals surface area contributed by atoms with E-state index in [0.717, 1.165) is 30.0 Å². The molecule has 0 aliphatic carbocycles. The number of anilines is 1. The number of nitrogens with zero attached hydrogens (tertiary/aromatic N) is 6. The van der Waals surface area contributed by atoms with Crippen LogP contribution in [0.4, 0.5) is 5.95 Å². The molecule has 138 valence electrons. The first-order valence-corrected chi connectivity index (χ1v) is 8.79. The van der Waals surface area contributed by atoms with E-state index >= 15 is 0 Å². The van der Waals surface area contributed by atoms with Gasteiger partial charge in [0.15, 0.2) is 11.5 Å². The summed E-state index contributed by atoms with van der Waals surface area (Å²) in [6, 6.07) is 0. The lowest BCUT2D eigenvalue weighted by atomic mass is 9.95. The maximum Gasteiger partial charge on any atom is 0.232 e. The van der Waals surface area contributed by atoms with Gasteiger partial charge in [0.2, 0.25) is 11.8 Å². The van der Waals surface area contributed by atoms with Crippen LogP contribution in [0.1, 0.15) is 50.4 Å². The third kappa shape index (κ3) is 3.14. The molecule has 4 heterocycles. The second-order valence-corrected chi connectivity index (χ2v) is 7.80. The summed E-state index contributed by atoms with van der Waals surface area (Å²) in [6.45, 7) is 9.32. The highest BCUT2D eigenvalue weighted by molar-refractivity contribution is 5.76. The van der Waals surface area contributed by atoms with E-state index in [2.05, 4.69) is 45.9 Å². The van der Waals surface area contributed by atoms with Gasteiger partial charge in [0, 0.05) is 18.5 Å². The molecule has 0 aromatic carbocycles. The maximum atomic E-state index is 9.80. The Hall–Kier alpha value is -2.55. The van der Waals surface area contributed by atoms with Crippen LogP contribution < -0.4 is 4.90 Å². The van der Waals surface area contributed by atoms with Crippen molar-refractivity contribution < 1.29 is 9.63 Å². The highest BCUT2D eigenvalue weighted by atomic mass is 16.5. The molecule has 0 amide bonds. The van der Waals surface area contributed by atoms with E-state index in [-0.39, 0.29) is 11.5 Å². The Bertz CT molecular complexity index is 940. The first-order chi connectivity index (χ1) is 12.3. The fourth-order valence-corrected chi connectivity index (χ4v) is 3.05. The standard InChI is InChI=1S/C17H23N7O2/c1-9-18-12(26-23-9)7-11-13-14(21-15(19-11)17(2,3)4)22-16(20-13)24-6-5-10(25)8-24/h10,25H,5-8H2,1-4H3,(H,19,20,21,22)/t10-/m0/s1. The summed E-state index contributed by atoms with van der Waals surface area (Å²) in [5.74, 6) is 2.53. The molecule has 26 heavy (non-hydrogen) atoms. The molecule has 0 spiro atoms. The summed E-state index contributed by atoms with van der Waals surface area (Å²) in [7, 11) is 0. The number of aromatic nitrogens is 6. The second-order valence-electron chi connectivity index (χ2n) is 7.80. The van der Waals surface area contributed by atoms with E-state index < -0.39 is 0 Å². The summed E-state index contributed by atoms with van der Waals surface area (Å²) < 4.78 is 5.26. The van der Waals surface area contributed by atoms with E-state index in [1.165, 1.54) is 0 Å². The molecule has 1 saturated heterocycles. The summed E-state index contributed by atoms with van der Waals surface area (Å²) in [4.78, 5) is 23.7. The number of β-amino-alcohol motifs (C(OH)–C–C–N with tert-alkyl or cyclic N) is 1. The van der Waals surface area contributed by atoms with Crippen molar-refractivity contribution in [2.45, 2.75) is 52.1 Å². The molecule has 0 radical (unpaired) electrons. The molecule has 3 aromatic rings. The lowest BCUT2D eigenvalue weighted by Crippen LogP contribution is -2.22. The molecule has 0 unspecified atom stereocenters. The predicted molar refractivity (Wildman–Crippen MR) is 95.1 cm³/mol. The Labute approximate surface area is 150 Å². The number of nitrogens with one attached hydrogen (secondary N) is 1. The van der Waals surface area contributed by atoms with Gasteiger partial charge in [-0.25, -0.2) is 9.97 Å². The molecule has 1 aliphatic rings. The van der Waals surface area contributed by atoms with E-state index in [4.69, 9.17) is 9.51 Å². The molecule has 0 bridgehead atoms. The second kappa shape index (κ2) is 6.01. The lowest BCUT2D eigenvalue weighted by Gasteiger charge is -2.16. The number of fused-ring (bicyclic) bond motifs is 1. The Morgan fingerprint density at radius 1 is 1.23 bits per heavy atom. The number of hydrogen-bond acceptors (Lipinski definition) is 8. The molecule has 4 rings (SSSR count). The zero-order valence-corrected chi connectivity index (χ0v) is 15.4. The molecule has 1 aliphatic heterocycles. The smallest absolute Gasteiger partial charge is 0.232 e. The number of imidazole rings is 1. The van der Waals surface area contributed by atoms with E-state index in [0.29, 0.717) is 36.3 Å². The van der Waals surface area contributed by atoms with Crippen molar-refractivity contribution in [3.05, 3.63) is 23.2 Å². The van der Waals surface area contributed by atoms with Gasteiger partial charge in [0.05, 0.1) is 18.2 Å². The average molecular weight is 357 g/mol. The molecule has 2 N–H and O–H groups in total. The monoisotopic (exact) mass is 357 g/mol. The lowest BCUT2D eigenvalue weighted by molar-refractivity contribution is 0.198. The number of aryl methyl sites for hydroxylation is 1. The Morgan fingerprint density at radius 3 is 2.65 bits per heavy atom. The van der Waals surface area contributed by atoms with Gasteiger partial charge >= 0.3 is 0 Å². The minimum absolute atomic E-state index is 0.212. The third-order valence-corrected chi connectivity index (χ3v) is 4.44. The fraction of sp³-hybridized carbons (Fsp3) is 0.588. The molecule has 9 nitrogen and oxygen atoms in total. The Balaban J connectivity index is 1.79. The zero-order valence-electron chi connectivity index (χ0n) is 15.4. The quantitative estimate of drug-likeness (QED) is 0.724. The summed E-state index contributed by atoms with van der Waals surface area (Å²) in [5.41, 5.74) is 1.95. The van der Waals surface area contributed by atoms with Crippen molar-refractivity contribution in [3.63, 3.8) is 0 Å². The number of aromatic amines is 1. The molecular weight excluding hydrogens is 334 g/mol. The normalized spacial score (nSPS) is 18.2. The minimum atomic E-state index is -0.319. The van der Waals surface area contributed by atoms with Crippen LogP contribution in [0.25, 0.3) is 11.2 Å². The number of aliphatic hydroxyl groups is 1. The highest BCUT2D eigenvalue weighted by Crippen LogP contribution is 2.26. The summed E-state index contributed by atoms with van der Waals surface area (Å²) in [6.07, 6.45) is 0.831. The van der Waals surface area contributed by atoms with E-state index in [1.807, 2.05) is 4.90 Å². The third-order valence-electron chi connectivity index (χ3n) is 4.44. The minimum Gasteiger partial charge on any atom is -0.391 e. The number of H-pyrrole nitrogens is 1. The van der Waals surface area contributed by atoms with Crippen LogP contribution >= 0.6 is 0 Å². The molecule has 1 fully saturated rings. The van der Waals surface area contributed by atoms with Crippen molar-refractivity contribution in [1.82, 2.24) is 30.1 Å². The van der Waals surface area contributed by atoms with Gasteiger partial charge in [-0.15, -0.1) is 0 Å². The molecule has 9 heteroatoms. The van der Waals surface area contributed by atoms with Gasteiger partial charge < -0.3 is 19.5 Å². The Morgan fingerprint density at radius 2 is 2.04 bits per heavy atom. The first kappa shape index (κ1) is 16.9. The van der Waals surface area contributed by atoms with Gasteiger partial charge in [-0.1, -0.05) is 25.9 Å². The zero-order chi connectivity index (χ0) is 18.5. The van der Waals surface area contributed by atoms with Crippen LogP contribution in [0.3, 0.4) is 0 Å². The van der Waals surface area contributed by atoms with Gasteiger partial charge in [0.25, 0.3) is 0 Å². The SMILES string of the molecule is Cc1noc(Cc2nc(C(C)(C)C)nc3nc(N4CC[C@H](O)C4)[nH]c23)n1. The molecule has 3 aromatic heterocycles. The largest absolute Gasteiger partial charge is 0.391 e. The van der Waals surface area contributed by atoms with Gasteiger partial charge in [-0.2, -0.15) is 9.97 Å². The maximum absolute atomic E-state index is 9.80. The van der Waals surface area contributed by atoms with E-state index in [1.54, 1.807) is 6.92 Å². The van der Waals surface area contributed by atoms with Crippen LogP contribution in [-0.4, -0.2) is 54.4 Å². The average Bonchev–Trinajstić information content (AvgIpc) is 3.26. The van der Waals surface area contributed by atoms with Crippen molar-refractivity contribution in [3.8, 4) is 0 Å². The number of aliphatic hydroxyl groups excluding tert-OH is 1. The molecule has 0 saturated carbocycles. The van der Waals surface area contributed by atoms with Crippen LogP contribution in [0.5, 0.6) is 0 Å². The predicted octanol–water partition coefficient (Wildman–Crippen LogP) is 1.50. The van der Waals surface area contributed by atoms with Crippen LogP contribution in [-0.2, 0) is 11.8 Å². The summed E-state index contributed by atoms with van der Waals surface area (Å²) in [5, 5.41) is 13.6. The van der Waals surface area contributed by atoms with Crippen molar-refractivity contribution in [2.75, 3.05) is 18.0 Å². The van der Waals surface area contributed by atoms with E-state index in [9.17, 15) is 5.11 Å². The summed E-state index contributed by atoms with van der Waals surface area (Å²) >= 11 is 0. The van der Waals surface area contributed by atoms with Crippen molar-refractivity contribution >= 4 is 17.1 Å². The highest BCUT2D eigenvalue weighted by Gasteiger charge is 2.26. The number of rotatable bonds is 3. The van der Waals surface area contributed by atoms with Crippen molar-refractivity contribution in [1.29, 1.82) is 0 Å².